The summed E-state index contributed by atoms with van der Waals surface area (Å²) in [7, 11) is 3.31. The van der Waals surface area contributed by atoms with Crippen LogP contribution < -0.4 is 16.6 Å². The summed E-state index contributed by atoms with van der Waals surface area (Å²) in [6.45, 7) is 1.81. The van der Waals surface area contributed by atoms with Crippen LogP contribution >= 0.6 is 0 Å². The monoisotopic (exact) mass is 537 g/mol. The first-order valence-corrected chi connectivity index (χ1v) is 13.3. The van der Waals surface area contributed by atoms with Crippen molar-refractivity contribution in [1.82, 2.24) is 24.3 Å². The van der Waals surface area contributed by atoms with E-state index in [2.05, 4.69) is 22.2 Å². The Morgan fingerprint density at radius 2 is 1.77 bits per heavy atom. The fraction of sp³-hybridized carbons (Fsp3) is 0.464. The van der Waals surface area contributed by atoms with Crippen LogP contribution in [0.15, 0.2) is 46.1 Å². The Balaban J connectivity index is 1.45. The second kappa shape index (κ2) is 11.1. The number of piperidine rings is 1. The van der Waals surface area contributed by atoms with Crippen LogP contribution in [0.3, 0.4) is 0 Å². The van der Waals surface area contributed by atoms with Crippen molar-refractivity contribution in [2.45, 2.75) is 50.6 Å². The lowest BCUT2D eigenvalue weighted by atomic mass is 9.89. The third kappa shape index (κ3) is 5.36. The van der Waals surface area contributed by atoms with E-state index in [1.54, 1.807) is 18.2 Å². The van der Waals surface area contributed by atoms with Crippen LogP contribution in [0, 0.1) is 11.7 Å². The summed E-state index contributed by atoms with van der Waals surface area (Å²) in [6.07, 6.45) is 4.87. The second-order valence-corrected chi connectivity index (χ2v) is 10.5. The number of carbonyl (C=O) groups is 2. The summed E-state index contributed by atoms with van der Waals surface area (Å²) >= 11 is 0. The van der Waals surface area contributed by atoms with Crippen LogP contribution in [0.25, 0.3) is 16.7 Å². The summed E-state index contributed by atoms with van der Waals surface area (Å²) in [4.78, 5) is 58.5. The number of aromatic nitrogens is 3. The maximum atomic E-state index is 14.2. The van der Waals surface area contributed by atoms with Crippen LogP contribution in [0.4, 0.5) is 4.39 Å². The number of likely N-dealkylation sites (tertiary alicyclic amines) is 1. The van der Waals surface area contributed by atoms with Gasteiger partial charge in [-0.3, -0.25) is 14.2 Å². The van der Waals surface area contributed by atoms with Gasteiger partial charge in [0.2, 0.25) is 5.91 Å². The molecule has 1 aliphatic heterocycles. The van der Waals surface area contributed by atoms with Crippen molar-refractivity contribution in [3.05, 3.63) is 68.7 Å². The zero-order valence-corrected chi connectivity index (χ0v) is 22.1. The average molecular weight is 538 g/mol. The molecule has 2 aromatic heterocycles. The summed E-state index contributed by atoms with van der Waals surface area (Å²) in [6, 6.07) is 6.86. The summed E-state index contributed by atoms with van der Waals surface area (Å²) in [5.41, 5.74) is -0.701. The molecule has 0 unspecified atom stereocenters. The number of pyridine rings is 1. The lowest BCUT2D eigenvalue weighted by Gasteiger charge is -2.33. The molecule has 0 bridgehead atoms. The van der Waals surface area contributed by atoms with Gasteiger partial charge in [0.1, 0.15) is 5.82 Å². The molecule has 39 heavy (non-hydrogen) atoms. The topological polar surface area (TPSA) is 116 Å². The zero-order valence-electron chi connectivity index (χ0n) is 22.1. The van der Waals surface area contributed by atoms with E-state index in [1.165, 1.54) is 22.3 Å². The minimum absolute atomic E-state index is 0.00346. The summed E-state index contributed by atoms with van der Waals surface area (Å²) < 4.78 is 21.4. The Bertz CT molecular complexity index is 1520. The summed E-state index contributed by atoms with van der Waals surface area (Å²) in [5.74, 6) is -1.19. The van der Waals surface area contributed by atoms with E-state index in [9.17, 15) is 23.6 Å². The van der Waals surface area contributed by atoms with Gasteiger partial charge in [0.15, 0.2) is 5.65 Å². The first kappa shape index (κ1) is 26.7. The molecule has 11 heteroatoms. The molecule has 1 aromatic carbocycles. The van der Waals surface area contributed by atoms with E-state index in [0.29, 0.717) is 31.4 Å². The van der Waals surface area contributed by atoms with Crippen LogP contribution in [-0.4, -0.2) is 64.2 Å². The number of rotatable bonds is 5. The number of amides is 1. The Labute approximate surface area is 224 Å². The van der Waals surface area contributed by atoms with E-state index >= 15 is 0 Å². The van der Waals surface area contributed by atoms with Gasteiger partial charge < -0.3 is 15.0 Å². The van der Waals surface area contributed by atoms with E-state index in [-0.39, 0.29) is 34.5 Å². The normalized spacial score (nSPS) is 20.6. The first-order chi connectivity index (χ1) is 18.8. The van der Waals surface area contributed by atoms with Gasteiger partial charge in [0.05, 0.1) is 29.9 Å². The van der Waals surface area contributed by atoms with Gasteiger partial charge in [0, 0.05) is 18.0 Å². The van der Waals surface area contributed by atoms with Crippen molar-refractivity contribution in [3.63, 3.8) is 0 Å². The van der Waals surface area contributed by atoms with E-state index < -0.39 is 29.1 Å². The minimum Gasteiger partial charge on any atom is -0.465 e. The van der Waals surface area contributed by atoms with E-state index in [4.69, 9.17) is 4.74 Å². The van der Waals surface area contributed by atoms with Gasteiger partial charge in [-0.15, -0.1) is 0 Å². The van der Waals surface area contributed by atoms with Gasteiger partial charge in [-0.1, -0.05) is 6.07 Å². The molecule has 1 amide bonds. The number of nitrogens with one attached hydrogen (secondary N) is 1. The van der Waals surface area contributed by atoms with Crippen molar-refractivity contribution >= 4 is 22.9 Å². The van der Waals surface area contributed by atoms with Crippen molar-refractivity contribution in [2.75, 3.05) is 27.2 Å². The number of hydrogen-bond donors (Lipinski definition) is 1. The van der Waals surface area contributed by atoms with Gasteiger partial charge in [-0.05, 0) is 82.9 Å². The van der Waals surface area contributed by atoms with Crippen molar-refractivity contribution < 1.29 is 18.7 Å². The lowest BCUT2D eigenvalue weighted by Crippen LogP contribution is -2.47. The smallest absolute Gasteiger partial charge is 0.337 e. The number of ether oxygens (including phenoxy) is 1. The molecule has 3 aromatic rings. The van der Waals surface area contributed by atoms with Crippen LogP contribution in [0.1, 0.15) is 54.9 Å². The third-order valence-electron chi connectivity index (χ3n) is 7.91. The molecule has 1 aliphatic carbocycles. The number of methoxy groups -OCH3 is 1. The SMILES string of the molecule is COC(=O)c1cccc(-n2c(=O)n(C3CCC(NC(=O)C4CCN(C)CC4)CC3)c(=O)c3cc(F)cnc32)c1. The molecular weight excluding hydrogens is 505 g/mol. The van der Waals surface area contributed by atoms with E-state index in [0.717, 1.165) is 38.2 Å². The molecular formula is C28H32FN5O5. The van der Waals surface area contributed by atoms with Crippen LogP contribution in [0.2, 0.25) is 0 Å². The quantitative estimate of drug-likeness (QED) is 0.497. The van der Waals surface area contributed by atoms with Crippen molar-refractivity contribution in [1.29, 1.82) is 0 Å². The predicted molar refractivity (Wildman–Crippen MR) is 143 cm³/mol. The summed E-state index contributed by atoms with van der Waals surface area (Å²) in [5, 5.41) is 3.14. The van der Waals surface area contributed by atoms with Gasteiger partial charge >= 0.3 is 11.7 Å². The predicted octanol–water partition coefficient (Wildman–Crippen LogP) is 2.41. The number of esters is 1. The molecule has 0 radical (unpaired) electrons. The molecule has 206 valence electrons. The fourth-order valence-electron chi connectivity index (χ4n) is 5.70. The fourth-order valence-corrected chi connectivity index (χ4v) is 5.70. The third-order valence-corrected chi connectivity index (χ3v) is 7.91. The van der Waals surface area contributed by atoms with Crippen LogP contribution in [0.5, 0.6) is 0 Å². The maximum absolute atomic E-state index is 14.2. The van der Waals surface area contributed by atoms with Crippen molar-refractivity contribution in [2.24, 2.45) is 5.92 Å². The Morgan fingerprint density at radius 1 is 1.05 bits per heavy atom. The molecule has 0 atom stereocenters. The number of halogens is 1. The number of benzene rings is 1. The molecule has 3 heterocycles. The number of carbonyl (C=O) groups excluding carboxylic acids is 2. The first-order valence-electron chi connectivity index (χ1n) is 13.3. The van der Waals surface area contributed by atoms with Gasteiger partial charge in [-0.25, -0.2) is 23.5 Å². The van der Waals surface area contributed by atoms with Crippen LogP contribution in [-0.2, 0) is 9.53 Å². The highest BCUT2D eigenvalue weighted by atomic mass is 19.1. The largest absolute Gasteiger partial charge is 0.465 e. The molecule has 1 saturated heterocycles. The molecule has 10 nitrogen and oxygen atoms in total. The van der Waals surface area contributed by atoms with Crippen molar-refractivity contribution in [3.8, 4) is 5.69 Å². The standard InChI is InChI=1S/C28H32FN5O5/c1-32-12-10-17(11-13-32)25(35)31-20-6-8-21(9-7-20)34-26(36)23-15-19(29)16-30-24(23)33(28(34)38)22-5-3-4-18(14-22)27(37)39-2/h3-5,14-17,20-21H,6-13H2,1-2H3,(H,31,35). The Kier molecular flexibility index (Phi) is 7.60. The molecule has 5 rings (SSSR count). The molecule has 2 fully saturated rings. The number of fused-ring (bicyclic) bond motifs is 1. The Morgan fingerprint density at radius 3 is 2.46 bits per heavy atom. The highest BCUT2D eigenvalue weighted by Crippen LogP contribution is 2.28. The second-order valence-electron chi connectivity index (χ2n) is 10.5. The maximum Gasteiger partial charge on any atom is 0.337 e. The highest BCUT2D eigenvalue weighted by molar-refractivity contribution is 5.90. The molecule has 2 aliphatic rings. The minimum atomic E-state index is -0.694. The van der Waals surface area contributed by atoms with Gasteiger partial charge in [0.25, 0.3) is 5.56 Å². The molecule has 0 spiro atoms. The Hall–Kier alpha value is -3.86. The lowest BCUT2D eigenvalue weighted by molar-refractivity contribution is -0.127. The number of nitrogens with zero attached hydrogens (tertiary/aromatic N) is 4. The zero-order chi connectivity index (χ0) is 27.7. The average Bonchev–Trinajstić information content (AvgIpc) is 2.94. The molecule has 1 saturated carbocycles. The molecule has 1 N–H and O–H groups in total. The van der Waals surface area contributed by atoms with E-state index in [1.807, 2.05) is 0 Å². The highest BCUT2D eigenvalue weighted by Gasteiger charge is 2.30. The van der Waals surface area contributed by atoms with Gasteiger partial charge in [-0.2, -0.15) is 0 Å². The number of hydrogen-bond acceptors (Lipinski definition) is 7.